The van der Waals surface area contributed by atoms with E-state index in [9.17, 15) is 4.79 Å². The molecule has 0 radical (unpaired) electrons. The van der Waals surface area contributed by atoms with Gasteiger partial charge in [-0.05, 0) is 30.3 Å². The van der Waals surface area contributed by atoms with Crippen LogP contribution in [0.5, 0.6) is 0 Å². The first kappa shape index (κ1) is 16.4. The van der Waals surface area contributed by atoms with Gasteiger partial charge in [-0.25, -0.2) is 4.98 Å². The molecule has 0 saturated carbocycles. The van der Waals surface area contributed by atoms with Crippen LogP contribution >= 0.6 is 0 Å². The highest BCUT2D eigenvalue weighted by molar-refractivity contribution is 5.92. The van der Waals surface area contributed by atoms with Gasteiger partial charge in [0.1, 0.15) is 11.5 Å². The van der Waals surface area contributed by atoms with E-state index >= 15 is 0 Å². The predicted octanol–water partition coefficient (Wildman–Crippen LogP) is 2.00. The van der Waals surface area contributed by atoms with Gasteiger partial charge in [0.05, 0.1) is 12.2 Å². The molecule has 0 saturated heterocycles. The number of nitrogens with zero attached hydrogens (tertiary/aromatic N) is 5. The molecular formula is C19H22N6O. The molecule has 1 aliphatic rings. The van der Waals surface area contributed by atoms with Crippen molar-refractivity contribution >= 4 is 11.7 Å². The molecule has 134 valence electrons. The van der Waals surface area contributed by atoms with Gasteiger partial charge in [-0.3, -0.25) is 9.48 Å². The number of aromatic nitrogens is 4. The highest BCUT2D eigenvalue weighted by Crippen LogP contribution is 2.19. The number of amides is 1. The van der Waals surface area contributed by atoms with Crippen molar-refractivity contribution in [1.82, 2.24) is 24.2 Å². The Morgan fingerprint density at radius 2 is 2.12 bits per heavy atom. The lowest BCUT2D eigenvalue weighted by atomic mass is 10.1. The van der Waals surface area contributed by atoms with Gasteiger partial charge in [0.25, 0.3) is 5.91 Å². The van der Waals surface area contributed by atoms with Crippen molar-refractivity contribution in [2.75, 3.05) is 18.4 Å². The fourth-order valence-corrected chi connectivity index (χ4v) is 3.38. The first-order valence-electron chi connectivity index (χ1n) is 8.77. The zero-order valence-corrected chi connectivity index (χ0v) is 14.7. The van der Waals surface area contributed by atoms with Crippen LogP contribution in [0.3, 0.4) is 0 Å². The molecule has 1 amide bonds. The van der Waals surface area contributed by atoms with E-state index in [1.165, 1.54) is 0 Å². The van der Waals surface area contributed by atoms with Crippen molar-refractivity contribution in [3.63, 3.8) is 0 Å². The highest BCUT2D eigenvalue weighted by Gasteiger charge is 2.27. The Kier molecular flexibility index (Phi) is 4.43. The van der Waals surface area contributed by atoms with Crippen molar-refractivity contribution < 1.29 is 4.79 Å². The second kappa shape index (κ2) is 7.03. The number of nitrogens with one attached hydrogen (secondary N) is 1. The van der Waals surface area contributed by atoms with E-state index in [4.69, 9.17) is 0 Å². The van der Waals surface area contributed by atoms with Crippen LogP contribution in [-0.2, 0) is 20.1 Å². The Hall–Kier alpha value is -3.09. The summed E-state index contributed by atoms with van der Waals surface area (Å²) in [5.41, 5.74) is 1.77. The van der Waals surface area contributed by atoms with Gasteiger partial charge in [-0.1, -0.05) is 6.07 Å². The molecule has 26 heavy (non-hydrogen) atoms. The molecule has 7 heteroatoms. The number of hydrogen-bond donors (Lipinski definition) is 1. The number of aryl methyl sites for hydroxylation is 1. The lowest BCUT2D eigenvalue weighted by molar-refractivity contribution is 0.0714. The number of carbonyl (C=O) groups excluding carboxylic acids is 1. The maximum Gasteiger partial charge on any atom is 0.270 e. The normalized spacial score (nSPS) is 16.8. The average molecular weight is 350 g/mol. The fraction of sp³-hybridized carbons (Fsp3) is 0.316. The van der Waals surface area contributed by atoms with Crippen LogP contribution in [0.1, 0.15) is 16.2 Å². The quantitative estimate of drug-likeness (QED) is 0.781. The standard InChI is InChI=1S/C19H22N6O/c1-23-10-4-5-17(23)19(26)24-12-15(11-21-18-6-2-3-8-20-18)13-25-16(14-24)7-9-22-25/h2-10,15H,11-14H2,1H3,(H,20,21). The molecule has 0 spiro atoms. The Labute approximate surface area is 152 Å². The molecule has 3 aromatic rings. The van der Waals surface area contributed by atoms with E-state index in [0.29, 0.717) is 18.8 Å². The van der Waals surface area contributed by atoms with E-state index in [1.54, 1.807) is 12.4 Å². The summed E-state index contributed by atoms with van der Waals surface area (Å²) < 4.78 is 3.87. The van der Waals surface area contributed by atoms with Crippen LogP contribution in [-0.4, -0.2) is 43.2 Å². The molecule has 0 aromatic carbocycles. The van der Waals surface area contributed by atoms with Gasteiger partial charge in [0.15, 0.2) is 0 Å². The first-order valence-corrected chi connectivity index (χ1v) is 8.77. The van der Waals surface area contributed by atoms with Gasteiger partial charge < -0.3 is 14.8 Å². The molecule has 0 aliphatic carbocycles. The molecule has 4 rings (SSSR count). The van der Waals surface area contributed by atoms with Gasteiger partial charge in [0, 0.05) is 51.2 Å². The third kappa shape index (κ3) is 3.33. The smallest absolute Gasteiger partial charge is 0.270 e. The summed E-state index contributed by atoms with van der Waals surface area (Å²) in [7, 11) is 1.90. The summed E-state index contributed by atoms with van der Waals surface area (Å²) in [6, 6.07) is 11.6. The Bertz CT molecular complexity index is 884. The molecule has 1 N–H and O–H groups in total. The number of rotatable bonds is 4. The number of anilines is 1. The summed E-state index contributed by atoms with van der Waals surface area (Å²) >= 11 is 0. The SMILES string of the molecule is Cn1cccc1C(=O)N1Cc2ccnn2CC(CNc2ccccn2)C1. The topological polar surface area (TPSA) is 68.0 Å². The van der Waals surface area contributed by atoms with E-state index in [1.807, 2.05) is 63.8 Å². The van der Waals surface area contributed by atoms with Crippen LogP contribution in [0, 0.1) is 5.92 Å². The summed E-state index contributed by atoms with van der Waals surface area (Å²) in [4.78, 5) is 19.3. The number of pyridine rings is 1. The molecule has 0 bridgehead atoms. The van der Waals surface area contributed by atoms with Gasteiger partial charge in [-0.15, -0.1) is 0 Å². The van der Waals surface area contributed by atoms with Crippen molar-refractivity contribution in [3.8, 4) is 0 Å². The van der Waals surface area contributed by atoms with Gasteiger partial charge in [0.2, 0.25) is 0 Å². The van der Waals surface area contributed by atoms with Crippen LogP contribution in [0.2, 0.25) is 0 Å². The number of carbonyl (C=O) groups is 1. The largest absolute Gasteiger partial charge is 0.370 e. The molecule has 0 fully saturated rings. The molecule has 1 aliphatic heterocycles. The minimum atomic E-state index is 0.0509. The zero-order chi connectivity index (χ0) is 17.9. The monoisotopic (exact) mass is 350 g/mol. The number of fused-ring (bicyclic) bond motifs is 1. The summed E-state index contributed by atoms with van der Waals surface area (Å²) in [6.45, 7) is 2.75. The molecule has 7 nitrogen and oxygen atoms in total. The summed E-state index contributed by atoms with van der Waals surface area (Å²) in [5.74, 6) is 1.13. The van der Waals surface area contributed by atoms with Crippen LogP contribution in [0.25, 0.3) is 0 Å². The minimum absolute atomic E-state index is 0.0509. The zero-order valence-electron chi connectivity index (χ0n) is 14.7. The van der Waals surface area contributed by atoms with E-state index in [-0.39, 0.29) is 11.8 Å². The Balaban J connectivity index is 1.53. The van der Waals surface area contributed by atoms with Crippen molar-refractivity contribution in [2.45, 2.75) is 13.1 Å². The molecule has 1 unspecified atom stereocenters. The predicted molar refractivity (Wildman–Crippen MR) is 98.6 cm³/mol. The third-order valence-electron chi connectivity index (χ3n) is 4.75. The second-order valence-electron chi connectivity index (χ2n) is 6.66. The number of hydrogen-bond acceptors (Lipinski definition) is 4. The molecule has 1 atom stereocenters. The lowest BCUT2D eigenvalue weighted by Gasteiger charge is -2.24. The average Bonchev–Trinajstić information content (AvgIpc) is 3.24. The highest BCUT2D eigenvalue weighted by atomic mass is 16.2. The van der Waals surface area contributed by atoms with Crippen molar-refractivity contribution in [1.29, 1.82) is 0 Å². The van der Waals surface area contributed by atoms with E-state index in [0.717, 1.165) is 24.6 Å². The van der Waals surface area contributed by atoms with E-state index < -0.39 is 0 Å². The lowest BCUT2D eigenvalue weighted by Crippen LogP contribution is -2.36. The minimum Gasteiger partial charge on any atom is -0.370 e. The molecular weight excluding hydrogens is 328 g/mol. The van der Waals surface area contributed by atoms with Crippen LogP contribution in [0.15, 0.2) is 55.0 Å². The van der Waals surface area contributed by atoms with Crippen molar-refractivity contribution in [2.24, 2.45) is 13.0 Å². The molecule has 4 heterocycles. The van der Waals surface area contributed by atoms with Crippen LogP contribution < -0.4 is 5.32 Å². The summed E-state index contributed by atoms with van der Waals surface area (Å²) in [5, 5.41) is 7.80. The maximum absolute atomic E-state index is 13.0. The Morgan fingerprint density at radius 3 is 2.88 bits per heavy atom. The van der Waals surface area contributed by atoms with Crippen molar-refractivity contribution in [3.05, 3.63) is 66.4 Å². The third-order valence-corrected chi connectivity index (χ3v) is 4.75. The molecule has 3 aromatic heterocycles. The first-order chi connectivity index (χ1) is 12.7. The second-order valence-corrected chi connectivity index (χ2v) is 6.66. The van der Waals surface area contributed by atoms with Gasteiger partial charge >= 0.3 is 0 Å². The Morgan fingerprint density at radius 1 is 1.19 bits per heavy atom. The fourth-order valence-electron chi connectivity index (χ4n) is 3.38. The summed E-state index contributed by atoms with van der Waals surface area (Å²) in [6.07, 6.45) is 5.47. The van der Waals surface area contributed by atoms with Gasteiger partial charge in [-0.2, -0.15) is 5.10 Å². The maximum atomic E-state index is 13.0. The van der Waals surface area contributed by atoms with E-state index in [2.05, 4.69) is 15.4 Å². The van der Waals surface area contributed by atoms with Crippen LogP contribution in [0.4, 0.5) is 5.82 Å².